The van der Waals surface area contributed by atoms with Crippen molar-refractivity contribution in [3.8, 4) is 0 Å². The van der Waals surface area contributed by atoms with Gasteiger partial charge < -0.3 is 15.2 Å². The SMILES string of the molecule is COCC(O)CNC(=O)CCCc1cc(F)ccc1F. The van der Waals surface area contributed by atoms with Crippen molar-refractivity contribution in [2.24, 2.45) is 0 Å². The molecule has 1 amide bonds. The second-order valence-electron chi connectivity index (χ2n) is 4.50. The molecule has 20 heavy (non-hydrogen) atoms. The smallest absolute Gasteiger partial charge is 0.220 e. The molecule has 0 aliphatic heterocycles. The Morgan fingerprint density at radius 3 is 2.90 bits per heavy atom. The molecule has 1 rings (SSSR count). The second-order valence-corrected chi connectivity index (χ2v) is 4.50. The average Bonchev–Trinajstić information content (AvgIpc) is 2.41. The van der Waals surface area contributed by atoms with Crippen LogP contribution in [0.15, 0.2) is 18.2 Å². The number of methoxy groups -OCH3 is 1. The van der Waals surface area contributed by atoms with Crippen molar-refractivity contribution >= 4 is 5.91 Å². The van der Waals surface area contributed by atoms with E-state index in [4.69, 9.17) is 4.74 Å². The molecular weight excluding hydrogens is 268 g/mol. The highest BCUT2D eigenvalue weighted by Crippen LogP contribution is 2.12. The second kappa shape index (κ2) is 8.60. The van der Waals surface area contributed by atoms with Gasteiger partial charge in [-0.2, -0.15) is 0 Å². The van der Waals surface area contributed by atoms with Gasteiger partial charge in [0.15, 0.2) is 0 Å². The molecule has 1 unspecified atom stereocenters. The summed E-state index contributed by atoms with van der Waals surface area (Å²) in [5.41, 5.74) is 0.261. The van der Waals surface area contributed by atoms with Gasteiger partial charge in [0.05, 0.1) is 12.7 Å². The Labute approximate surface area is 116 Å². The van der Waals surface area contributed by atoms with Crippen LogP contribution in [-0.2, 0) is 16.0 Å². The predicted molar refractivity (Wildman–Crippen MR) is 70.2 cm³/mol. The molecule has 0 fully saturated rings. The Balaban J connectivity index is 2.26. The number of nitrogens with one attached hydrogen (secondary N) is 1. The van der Waals surface area contributed by atoms with E-state index in [1.807, 2.05) is 0 Å². The number of benzene rings is 1. The number of hydrogen-bond donors (Lipinski definition) is 2. The van der Waals surface area contributed by atoms with E-state index in [-0.39, 0.29) is 37.5 Å². The van der Waals surface area contributed by atoms with Gasteiger partial charge in [0, 0.05) is 20.1 Å². The predicted octanol–water partition coefficient (Wildman–Crippen LogP) is 1.41. The molecule has 0 radical (unpaired) electrons. The van der Waals surface area contributed by atoms with Gasteiger partial charge in [0.2, 0.25) is 5.91 Å². The van der Waals surface area contributed by atoms with Crippen LogP contribution in [-0.4, -0.2) is 37.4 Å². The van der Waals surface area contributed by atoms with Crippen LogP contribution < -0.4 is 5.32 Å². The van der Waals surface area contributed by atoms with Crippen LogP contribution in [0.2, 0.25) is 0 Å². The molecule has 4 nitrogen and oxygen atoms in total. The summed E-state index contributed by atoms with van der Waals surface area (Å²) in [6.45, 7) is 0.260. The summed E-state index contributed by atoms with van der Waals surface area (Å²) in [6.07, 6.45) is 0.143. The molecular formula is C14H19F2NO3. The number of hydrogen-bond acceptors (Lipinski definition) is 3. The number of aliphatic hydroxyl groups is 1. The van der Waals surface area contributed by atoms with E-state index in [9.17, 15) is 18.7 Å². The zero-order chi connectivity index (χ0) is 15.0. The van der Waals surface area contributed by atoms with Crippen molar-refractivity contribution < 1.29 is 23.4 Å². The first kappa shape index (κ1) is 16.5. The van der Waals surface area contributed by atoms with Crippen LogP contribution in [0.5, 0.6) is 0 Å². The molecule has 6 heteroatoms. The molecule has 0 saturated carbocycles. The molecule has 0 aliphatic rings. The van der Waals surface area contributed by atoms with E-state index in [2.05, 4.69) is 5.32 Å². The first-order chi connectivity index (χ1) is 9.52. The normalized spacial score (nSPS) is 12.2. The van der Waals surface area contributed by atoms with E-state index in [0.29, 0.717) is 6.42 Å². The van der Waals surface area contributed by atoms with Gasteiger partial charge >= 0.3 is 0 Å². The lowest BCUT2D eigenvalue weighted by Gasteiger charge is -2.10. The van der Waals surface area contributed by atoms with Gasteiger partial charge in [-0.1, -0.05) is 0 Å². The Bertz CT molecular complexity index is 440. The Morgan fingerprint density at radius 1 is 1.45 bits per heavy atom. The van der Waals surface area contributed by atoms with Crippen LogP contribution in [0.1, 0.15) is 18.4 Å². The maximum Gasteiger partial charge on any atom is 0.220 e. The molecule has 0 heterocycles. The van der Waals surface area contributed by atoms with Crippen molar-refractivity contribution in [1.29, 1.82) is 0 Å². The zero-order valence-electron chi connectivity index (χ0n) is 11.4. The molecule has 0 spiro atoms. The number of carbonyl (C=O) groups is 1. The van der Waals surface area contributed by atoms with Crippen molar-refractivity contribution in [2.45, 2.75) is 25.4 Å². The van der Waals surface area contributed by atoms with E-state index in [1.54, 1.807) is 0 Å². The number of aryl methyl sites for hydroxylation is 1. The van der Waals surface area contributed by atoms with Crippen LogP contribution >= 0.6 is 0 Å². The maximum absolute atomic E-state index is 13.3. The summed E-state index contributed by atoms with van der Waals surface area (Å²) >= 11 is 0. The first-order valence-corrected chi connectivity index (χ1v) is 6.40. The largest absolute Gasteiger partial charge is 0.389 e. The lowest BCUT2D eigenvalue weighted by molar-refractivity contribution is -0.121. The van der Waals surface area contributed by atoms with E-state index >= 15 is 0 Å². The molecule has 1 atom stereocenters. The Morgan fingerprint density at radius 2 is 2.20 bits per heavy atom. The fourth-order valence-electron chi connectivity index (χ4n) is 1.75. The maximum atomic E-state index is 13.3. The fourth-order valence-corrected chi connectivity index (χ4v) is 1.75. The highest BCUT2D eigenvalue weighted by atomic mass is 19.1. The fraction of sp³-hybridized carbons (Fsp3) is 0.500. The Kier molecular flexibility index (Phi) is 7.11. The third-order valence-corrected chi connectivity index (χ3v) is 2.75. The highest BCUT2D eigenvalue weighted by Gasteiger charge is 2.08. The number of carbonyl (C=O) groups excluding carboxylic acids is 1. The minimum atomic E-state index is -0.746. The molecule has 112 valence electrons. The van der Waals surface area contributed by atoms with Crippen molar-refractivity contribution in [1.82, 2.24) is 5.32 Å². The van der Waals surface area contributed by atoms with Gasteiger partial charge in [-0.15, -0.1) is 0 Å². The van der Waals surface area contributed by atoms with Crippen LogP contribution in [0.25, 0.3) is 0 Å². The molecule has 0 aromatic heterocycles. The summed E-state index contributed by atoms with van der Waals surface area (Å²) in [4.78, 5) is 11.5. The third kappa shape index (κ3) is 6.08. The van der Waals surface area contributed by atoms with Gasteiger partial charge in [0.25, 0.3) is 0 Å². The quantitative estimate of drug-likeness (QED) is 0.760. The molecule has 2 N–H and O–H groups in total. The Hall–Kier alpha value is -1.53. The van der Waals surface area contributed by atoms with Crippen LogP contribution in [0.4, 0.5) is 8.78 Å². The lowest BCUT2D eigenvalue weighted by atomic mass is 10.1. The minimum Gasteiger partial charge on any atom is -0.389 e. The van der Waals surface area contributed by atoms with Crippen molar-refractivity contribution in [2.75, 3.05) is 20.3 Å². The minimum absolute atomic E-state index is 0.112. The molecule has 1 aromatic carbocycles. The third-order valence-electron chi connectivity index (χ3n) is 2.75. The lowest BCUT2D eigenvalue weighted by Crippen LogP contribution is -2.34. The van der Waals surface area contributed by atoms with Gasteiger partial charge in [-0.05, 0) is 36.6 Å². The number of ether oxygens (including phenoxy) is 1. The van der Waals surface area contributed by atoms with Crippen molar-refractivity contribution in [3.63, 3.8) is 0 Å². The number of amides is 1. The zero-order valence-corrected chi connectivity index (χ0v) is 11.4. The number of aliphatic hydroxyl groups excluding tert-OH is 1. The topological polar surface area (TPSA) is 58.6 Å². The van der Waals surface area contributed by atoms with E-state index in [1.165, 1.54) is 7.11 Å². The first-order valence-electron chi connectivity index (χ1n) is 6.40. The molecule has 0 aliphatic carbocycles. The summed E-state index contributed by atoms with van der Waals surface area (Å²) in [5, 5.41) is 11.9. The van der Waals surface area contributed by atoms with Gasteiger partial charge in [0.1, 0.15) is 11.6 Å². The number of halogens is 2. The summed E-state index contributed by atoms with van der Waals surface area (Å²) < 4.78 is 31.0. The standard InChI is InChI=1S/C14H19F2NO3/c1-20-9-12(18)8-17-14(19)4-2-3-10-7-11(15)5-6-13(10)16/h5-7,12,18H,2-4,8-9H2,1H3,(H,17,19). The van der Waals surface area contributed by atoms with E-state index in [0.717, 1.165) is 18.2 Å². The summed E-state index contributed by atoms with van der Waals surface area (Å²) in [6, 6.07) is 3.27. The van der Waals surface area contributed by atoms with Crippen molar-refractivity contribution in [3.05, 3.63) is 35.4 Å². The molecule has 0 saturated heterocycles. The van der Waals surface area contributed by atoms with Crippen LogP contribution in [0, 0.1) is 11.6 Å². The van der Waals surface area contributed by atoms with Gasteiger partial charge in [-0.25, -0.2) is 8.78 Å². The highest BCUT2D eigenvalue weighted by molar-refractivity contribution is 5.75. The average molecular weight is 287 g/mol. The summed E-state index contributed by atoms with van der Waals surface area (Å²) in [5.74, 6) is -1.20. The molecule has 1 aromatic rings. The number of rotatable bonds is 8. The monoisotopic (exact) mass is 287 g/mol. The van der Waals surface area contributed by atoms with Crippen LogP contribution in [0.3, 0.4) is 0 Å². The van der Waals surface area contributed by atoms with Gasteiger partial charge in [-0.3, -0.25) is 4.79 Å². The summed E-state index contributed by atoms with van der Waals surface area (Å²) in [7, 11) is 1.46. The van der Waals surface area contributed by atoms with E-state index < -0.39 is 17.7 Å². The molecule has 0 bridgehead atoms.